The highest BCUT2D eigenvalue weighted by atomic mass is 35.5. The second-order valence-electron chi connectivity index (χ2n) is 6.96. The second kappa shape index (κ2) is 8.72. The molecule has 0 aliphatic heterocycles. The molecule has 2 aliphatic rings. The van der Waals surface area contributed by atoms with Crippen LogP contribution in [-0.2, 0) is 11.3 Å². The van der Waals surface area contributed by atoms with E-state index in [1.54, 1.807) is 0 Å². The Morgan fingerprint density at radius 1 is 1.25 bits per heavy atom. The minimum atomic E-state index is 0. The van der Waals surface area contributed by atoms with Crippen LogP contribution in [0.3, 0.4) is 0 Å². The fourth-order valence-corrected chi connectivity index (χ4v) is 4.28. The highest BCUT2D eigenvalue weighted by molar-refractivity contribution is 5.85. The van der Waals surface area contributed by atoms with Gasteiger partial charge >= 0.3 is 0 Å². The zero-order chi connectivity index (χ0) is 16.2. The van der Waals surface area contributed by atoms with Crippen molar-refractivity contribution in [3.63, 3.8) is 0 Å². The molecule has 2 saturated carbocycles. The predicted molar refractivity (Wildman–Crippen MR) is 98.2 cm³/mol. The molecule has 2 aliphatic carbocycles. The van der Waals surface area contributed by atoms with Crippen LogP contribution in [0.1, 0.15) is 44.6 Å². The third-order valence-corrected chi connectivity index (χ3v) is 5.51. The molecule has 5 heteroatoms. The number of hydrogen-bond acceptors (Lipinski definition) is 3. The summed E-state index contributed by atoms with van der Waals surface area (Å²) in [6.45, 7) is 3.14. The molecule has 3 N–H and O–H groups in total. The number of halogens is 1. The van der Waals surface area contributed by atoms with Crippen molar-refractivity contribution in [2.24, 2.45) is 23.5 Å². The summed E-state index contributed by atoms with van der Waals surface area (Å²) in [6.07, 6.45) is 5.57. The first-order chi connectivity index (χ1) is 11.2. The summed E-state index contributed by atoms with van der Waals surface area (Å²) >= 11 is 0. The summed E-state index contributed by atoms with van der Waals surface area (Å²) < 4.78 is 5.62. The summed E-state index contributed by atoms with van der Waals surface area (Å²) in [5.41, 5.74) is 7.35. The molecular weight excluding hydrogens is 324 g/mol. The molecule has 0 aromatic heterocycles. The standard InChI is InChI=1S/C19H28N2O2.ClH/c1-2-23-17-9-4-3-6-15(17)12-21-19(22)16-10-13-7-5-8-14(11-16)18(13)20;/h3-4,6,9,13-14,16,18H,2,5,7-8,10-12,20H2,1H3,(H,21,22);1H. The molecule has 0 spiro atoms. The van der Waals surface area contributed by atoms with E-state index in [0.717, 1.165) is 24.2 Å². The largest absolute Gasteiger partial charge is 0.494 e. The van der Waals surface area contributed by atoms with Crippen molar-refractivity contribution in [2.75, 3.05) is 6.61 Å². The van der Waals surface area contributed by atoms with Gasteiger partial charge in [-0.05, 0) is 50.5 Å². The normalized spacial score (nSPS) is 28.6. The van der Waals surface area contributed by atoms with Gasteiger partial charge in [-0.1, -0.05) is 24.6 Å². The van der Waals surface area contributed by atoms with Crippen LogP contribution in [0.25, 0.3) is 0 Å². The van der Waals surface area contributed by atoms with E-state index in [1.165, 1.54) is 19.3 Å². The first-order valence-corrected chi connectivity index (χ1v) is 8.93. The van der Waals surface area contributed by atoms with E-state index in [2.05, 4.69) is 5.32 Å². The molecule has 2 atom stereocenters. The maximum Gasteiger partial charge on any atom is 0.223 e. The minimum absolute atomic E-state index is 0. The number of hydrogen-bond donors (Lipinski definition) is 2. The minimum Gasteiger partial charge on any atom is -0.494 e. The molecule has 1 amide bonds. The van der Waals surface area contributed by atoms with Crippen molar-refractivity contribution >= 4 is 18.3 Å². The number of carbonyl (C=O) groups excluding carboxylic acids is 1. The maximum absolute atomic E-state index is 12.6. The van der Waals surface area contributed by atoms with Crippen LogP contribution in [0.2, 0.25) is 0 Å². The number of amides is 1. The third kappa shape index (κ3) is 4.22. The van der Waals surface area contributed by atoms with E-state index in [0.29, 0.717) is 31.0 Å². The van der Waals surface area contributed by atoms with E-state index in [-0.39, 0.29) is 24.2 Å². The summed E-state index contributed by atoms with van der Waals surface area (Å²) in [5.74, 6) is 2.24. The van der Waals surface area contributed by atoms with Crippen molar-refractivity contribution in [3.05, 3.63) is 29.8 Å². The first kappa shape index (κ1) is 19.1. The van der Waals surface area contributed by atoms with Gasteiger partial charge in [0.2, 0.25) is 5.91 Å². The number of para-hydroxylation sites is 1. The van der Waals surface area contributed by atoms with Gasteiger partial charge in [-0.15, -0.1) is 12.4 Å². The number of carbonyl (C=O) groups is 1. The number of nitrogens with two attached hydrogens (primary N) is 1. The van der Waals surface area contributed by atoms with Crippen LogP contribution in [-0.4, -0.2) is 18.6 Å². The van der Waals surface area contributed by atoms with Gasteiger partial charge in [0, 0.05) is 24.1 Å². The number of ether oxygens (including phenoxy) is 1. The highest BCUT2D eigenvalue weighted by Gasteiger charge is 2.40. The van der Waals surface area contributed by atoms with Crippen LogP contribution in [0, 0.1) is 17.8 Å². The maximum atomic E-state index is 12.6. The lowest BCUT2D eigenvalue weighted by Gasteiger charge is -2.43. The summed E-state index contributed by atoms with van der Waals surface area (Å²) in [5, 5.41) is 3.11. The molecule has 1 aromatic rings. The number of benzene rings is 1. The topological polar surface area (TPSA) is 64.3 Å². The Morgan fingerprint density at radius 2 is 1.92 bits per heavy atom. The molecule has 134 valence electrons. The average molecular weight is 353 g/mol. The van der Waals surface area contributed by atoms with Crippen molar-refractivity contribution in [2.45, 2.75) is 51.6 Å². The quantitative estimate of drug-likeness (QED) is 0.854. The van der Waals surface area contributed by atoms with Crippen molar-refractivity contribution < 1.29 is 9.53 Å². The monoisotopic (exact) mass is 352 g/mol. The summed E-state index contributed by atoms with van der Waals surface area (Å²) in [4.78, 5) is 12.6. The Bertz CT molecular complexity index is 538. The number of fused-ring (bicyclic) bond motifs is 2. The Hall–Kier alpha value is -1.26. The molecule has 2 unspecified atom stereocenters. The zero-order valence-electron chi connectivity index (χ0n) is 14.4. The van der Waals surface area contributed by atoms with Gasteiger partial charge in [-0.3, -0.25) is 4.79 Å². The van der Waals surface area contributed by atoms with Crippen molar-refractivity contribution in [1.82, 2.24) is 5.32 Å². The Balaban J connectivity index is 0.00000208. The second-order valence-corrected chi connectivity index (χ2v) is 6.96. The SMILES string of the molecule is CCOc1ccccc1CNC(=O)C1CC2CCCC(C1)C2N.Cl. The smallest absolute Gasteiger partial charge is 0.223 e. The van der Waals surface area contributed by atoms with E-state index < -0.39 is 0 Å². The zero-order valence-corrected chi connectivity index (χ0v) is 15.2. The average Bonchev–Trinajstić information content (AvgIpc) is 2.54. The van der Waals surface area contributed by atoms with E-state index in [9.17, 15) is 4.79 Å². The van der Waals surface area contributed by atoms with Gasteiger partial charge in [0.25, 0.3) is 0 Å². The molecule has 0 heterocycles. The van der Waals surface area contributed by atoms with Crippen LogP contribution < -0.4 is 15.8 Å². The lowest BCUT2D eigenvalue weighted by molar-refractivity contribution is -0.128. The van der Waals surface area contributed by atoms with Gasteiger partial charge in [0.15, 0.2) is 0 Å². The first-order valence-electron chi connectivity index (χ1n) is 8.93. The fourth-order valence-electron chi connectivity index (χ4n) is 4.28. The fraction of sp³-hybridized carbons (Fsp3) is 0.632. The highest BCUT2D eigenvalue weighted by Crippen LogP contribution is 2.41. The third-order valence-electron chi connectivity index (χ3n) is 5.51. The van der Waals surface area contributed by atoms with Crippen LogP contribution in [0.15, 0.2) is 24.3 Å². The summed E-state index contributed by atoms with van der Waals surface area (Å²) in [7, 11) is 0. The Morgan fingerprint density at radius 3 is 2.58 bits per heavy atom. The van der Waals surface area contributed by atoms with Crippen LogP contribution >= 0.6 is 12.4 Å². The molecule has 2 bridgehead atoms. The van der Waals surface area contributed by atoms with Gasteiger partial charge in [-0.25, -0.2) is 0 Å². The van der Waals surface area contributed by atoms with Crippen molar-refractivity contribution in [1.29, 1.82) is 0 Å². The molecule has 4 nitrogen and oxygen atoms in total. The molecular formula is C19H29ClN2O2. The molecule has 24 heavy (non-hydrogen) atoms. The molecule has 3 rings (SSSR count). The van der Waals surface area contributed by atoms with E-state index >= 15 is 0 Å². The lowest BCUT2D eigenvalue weighted by Crippen LogP contribution is -2.49. The van der Waals surface area contributed by atoms with Gasteiger partial charge in [0.05, 0.1) is 6.61 Å². The molecule has 1 aromatic carbocycles. The van der Waals surface area contributed by atoms with Crippen molar-refractivity contribution in [3.8, 4) is 5.75 Å². The number of nitrogens with one attached hydrogen (secondary N) is 1. The van der Waals surface area contributed by atoms with E-state index in [1.807, 2.05) is 31.2 Å². The number of rotatable bonds is 5. The van der Waals surface area contributed by atoms with Gasteiger partial charge < -0.3 is 15.8 Å². The predicted octanol–water partition coefficient (Wildman–Crippen LogP) is 3.28. The van der Waals surface area contributed by atoms with E-state index in [4.69, 9.17) is 10.5 Å². The Labute approximate surface area is 150 Å². The van der Waals surface area contributed by atoms with Gasteiger partial charge in [0.1, 0.15) is 5.75 Å². The van der Waals surface area contributed by atoms with Crippen LogP contribution in [0.4, 0.5) is 0 Å². The Kier molecular flexibility index (Phi) is 6.93. The summed E-state index contributed by atoms with van der Waals surface area (Å²) in [6, 6.07) is 8.21. The van der Waals surface area contributed by atoms with Gasteiger partial charge in [-0.2, -0.15) is 0 Å². The molecule has 0 radical (unpaired) electrons. The molecule has 0 saturated heterocycles. The lowest BCUT2D eigenvalue weighted by atomic mass is 9.65. The molecule has 2 fully saturated rings. The van der Waals surface area contributed by atoms with Crippen LogP contribution in [0.5, 0.6) is 5.75 Å².